The summed E-state index contributed by atoms with van der Waals surface area (Å²) in [6.45, 7) is 2.35. The molecule has 0 aliphatic heterocycles. The summed E-state index contributed by atoms with van der Waals surface area (Å²) in [7, 11) is -4.20. The molecule has 0 amide bonds. The molecule has 0 atom stereocenters. The van der Waals surface area contributed by atoms with Gasteiger partial charge in [-0.3, -0.25) is 4.55 Å². The Hall–Kier alpha value is -0.790. The van der Waals surface area contributed by atoms with Crippen molar-refractivity contribution in [3.05, 3.63) is 30.3 Å². The molecule has 0 aliphatic carbocycles. The number of ether oxygens (including phenoxy) is 1. The summed E-state index contributed by atoms with van der Waals surface area (Å²) in [5.41, 5.74) is 6.38. The molecule has 2 aromatic carbocycles. The maximum absolute atomic E-state index is 11.0. The van der Waals surface area contributed by atoms with Crippen LogP contribution in [0.2, 0.25) is 0 Å². The van der Waals surface area contributed by atoms with Crippen LogP contribution in [0, 0.1) is 0 Å². The fraction of sp³-hybridized carbons (Fsp3) is 0.167. The molecular formula is C12H14NNaO4S. The van der Waals surface area contributed by atoms with Gasteiger partial charge in [-0.05, 0) is 30.5 Å². The van der Waals surface area contributed by atoms with Crippen LogP contribution in [0.3, 0.4) is 0 Å². The zero-order chi connectivity index (χ0) is 13.3. The second kappa shape index (κ2) is 6.11. The van der Waals surface area contributed by atoms with Gasteiger partial charge >= 0.3 is 29.6 Å². The Bertz CT molecular complexity index is 706. The van der Waals surface area contributed by atoms with Gasteiger partial charge in [-0.25, -0.2) is 0 Å². The molecule has 0 saturated carbocycles. The number of rotatable bonds is 3. The minimum Gasteiger partial charge on any atom is -1.00 e. The predicted octanol–water partition coefficient (Wildman–Crippen LogP) is -0.816. The van der Waals surface area contributed by atoms with Gasteiger partial charge in [0, 0.05) is 5.39 Å². The molecule has 7 heteroatoms. The van der Waals surface area contributed by atoms with Gasteiger partial charge in [-0.2, -0.15) is 8.42 Å². The predicted molar refractivity (Wildman–Crippen MR) is 70.5 cm³/mol. The van der Waals surface area contributed by atoms with Crippen molar-refractivity contribution < 1.29 is 48.7 Å². The number of nitrogen functional groups attached to an aromatic ring is 1. The van der Waals surface area contributed by atoms with Gasteiger partial charge in [0.2, 0.25) is 0 Å². The summed E-state index contributed by atoms with van der Waals surface area (Å²) in [6.07, 6.45) is 0. The molecule has 0 spiro atoms. The van der Waals surface area contributed by atoms with E-state index in [0.29, 0.717) is 28.8 Å². The van der Waals surface area contributed by atoms with Crippen molar-refractivity contribution in [1.29, 1.82) is 0 Å². The topological polar surface area (TPSA) is 89.6 Å². The van der Waals surface area contributed by atoms with Crippen LogP contribution in [0.5, 0.6) is 5.75 Å². The fourth-order valence-electron chi connectivity index (χ4n) is 1.75. The molecule has 0 aliphatic rings. The Labute approximate surface area is 135 Å². The van der Waals surface area contributed by atoms with E-state index >= 15 is 0 Å². The van der Waals surface area contributed by atoms with Crippen molar-refractivity contribution in [2.45, 2.75) is 11.8 Å². The van der Waals surface area contributed by atoms with Crippen LogP contribution in [0.25, 0.3) is 10.8 Å². The fourth-order valence-corrected chi connectivity index (χ4v) is 2.27. The maximum Gasteiger partial charge on any atom is 1.00 e. The molecule has 0 saturated heterocycles. The second-order valence-electron chi connectivity index (χ2n) is 3.77. The standard InChI is InChI=1S/C12H13NO4S.Na.H/c1-2-17-11-6-3-8-7-9(18(14,15)16)4-5-10(8)12(11)13;;/h3-7H,2,13H2,1H3,(H,14,15,16);;/q;+1;-1. The molecule has 0 unspecified atom stereocenters. The van der Waals surface area contributed by atoms with E-state index in [1.165, 1.54) is 12.1 Å². The van der Waals surface area contributed by atoms with Gasteiger partial charge in [0.05, 0.1) is 17.2 Å². The summed E-state index contributed by atoms with van der Waals surface area (Å²) in [5.74, 6) is 0.560. The van der Waals surface area contributed by atoms with E-state index in [1.807, 2.05) is 6.92 Å². The number of anilines is 1. The average molecular weight is 291 g/mol. The third kappa shape index (κ3) is 3.40. The number of hydrogen-bond acceptors (Lipinski definition) is 4. The van der Waals surface area contributed by atoms with Crippen LogP contribution in [-0.2, 0) is 10.1 Å². The van der Waals surface area contributed by atoms with E-state index in [4.69, 9.17) is 15.0 Å². The molecular weight excluding hydrogens is 277 g/mol. The Balaban J connectivity index is 0.00000180. The van der Waals surface area contributed by atoms with Gasteiger partial charge in [0.1, 0.15) is 5.75 Å². The smallest absolute Gasteiger partial charge is 1.00 e. The summed E-state index contributed by atoms with van der Waals surface area (Å²) >= 11 is 0. The Morgan fingerprint density at radius 3 is 2.58 bits per heavy atom. The third-order valence-electron chi connectivity index (χ3n) is 2.59. The van der Waals surface area contributed by atoms with E-state index in [9.17, 15) is 8.42 Å². The van der Waals surface area contributed by atoms with Crippen LogP contribution in [0.15, 0.2) is 35.2 Å². The van der Waals surface area contributed by atoms with Gasteiger partial charge in [-0.15, -0.1) is 0 Å². The third-order valence-corrected chi connectivity index (χ3v) is 3.44. The Morgan fingerprint density at radius 1 is 1.32 bits per heavy atom. The molecule has 2 rings (SSSR count). The summed E-state index contributed by atoms with van der Waals surface area (Å²) in [6, 6.07) is 7.61. The molecule has 2 aromatic rings. The molecule has 0 radical (unpaired) electrons. The SMILES string of the molecule is CCOc1ccc2cc(S(=O)(=O)O)ccc2c1N.[H-].[Na+]. The van der Waals surface area contributed by atoms with E-state index in [0.717, 1.165) is 0 Å². The largest absolute Gasteiger partial charge is 1.00 e. The van der Waals surface area contributed by atoms with Crippen molar-refractivity contribution in [2.75, 3.05) is 12.3 Å². The van der Waals surface area contributed by atoms with Crippen LogP contribution in [0.1, 0.15) is 8.35 Å². The molecule has 19 heavy (non-hydrogen) atoms. The van der Waals surface area contributed by atoms with Crippen LogP contribution in [-0.4, -0.2) is 19.6 Å². The quantitative estimate of drug-likeness (QED) is 0.438. The van der Waals surface area contributed by atoms with Crippen LogP contribution in [0.4, 0.5) is 5.69 Å². The van der Waals surface area contributed by atoms with Crippen LogP contribution >= 0.6 is 0 Å². The minimum absolute atomic E-state index is 0. The van der Waals surface area contributed by atoms with Gasteiger partial charge in [0.15, 0.2) is 0 Å². The molecule has 5 nitrogen and oxygen atoms in total. The molecule has 98 valence electrons. The Morgan fingerprint density at radius 2 is 2.00 bits per heavy atom. The normalized spacial score (nSPS) is 11.1. The van der Waals surface area contributed by atoms with E-state index in [2.05, 4.69) is 0 Å². The summed E-state index contributed by atoms with van der Waals surface area (Å²) < 4.78 is 36.4. The molecule has 0 heterocycles. The zero-order valence-electron chi connectivity index (χ0n) is 11.8. The van der Waals surface area contributed by atoms with Crippen LogP contribution < -0.4 is 40.0 Å². The monoisotopic (exact) mass is 291 g/mol. The van der Waals surface area contributed by atoms with E-state index in [-0.39, 0.29) is 35.9 Å². The number of fused-ring (bicyclic) bond motifs is 1. The maximum atomic E-state index is 11.0. The minimum atomic E-state index is -4.20. The zero-order valence-corrected chi connectivity index (χ0v) is 13.6. The van der Waals surface area contributed by atoms with Crippen molar-refractivity contribution in [2.24, 2.45) is 0 Å². The first-order valence-corrected chi connectivity index (χ1v) is 6.80. The molecule has 0 bridgehead atoms. The molecule has 0 fully saturated rings. The first-order valence-electron chi connectivity index (χ1n) is 5.36. The average Bonchev–Trinajstić information content (AvgIpc) is 2.31. The first kappa shape index (κ1) is 16.3. The molecule has 0 aromatic heterocycles. The number of nitrogens with two attached hydrogens (primary N) is 1. The van der Waals surface area contributed by atoms with Crippen molar-refractivity contribution >= 4 is 26.6 Å². The van der Waals surface area contributed by atoms with Gasteiger partial charge < -0.3 is 11.9 Å². The van der Waals surface area contributed by atoms with E-state index < -0.39 is 10.1 Å². The summed E-state index contributed by atoms with van der Waals surface area (Å²) in [5, 5.41) is 1.32. The molecule has 3 N–H and O–H groups in total. The van der Waals surface area contributed by atoms with Gasteiger partial charge in [0.25, 0.3) is 10.1 Å². The summed E-state index contributed by atoms with van der Waals surface area (Å²) in [4.78, 5) is -0.154. The van der Waals surface area contributed by atoms with Crippen molar-refractivity contribution in [1.82, 2.24) is 0 Å². The number of benzene rings is 2. The first-order chi connectivity index (χ1) is 8.43. The van der Waals surface area contributed by atoms with E-state index in [1.54, 1.807) is 18.2 Å². The number of hydrogen-bond donors (Lipinski definition) is 2. The van der Waals surface area contributed by atoms with Crippen molar-refractivity contribution in [3.8, 4) is 5.75 Å². The second-order valence-corrected chi connectivity index (χ2v) is 5.19. The Kier molecular flexibility index (Phi) is 5.23. The van der Waals surface area contributed by atoms with Gasteiger partial charge in [-0.1, -0.05) is 12.1 Å². The van der Waals surface area contributed by atoms with Crippen molar-refractivity contribution in [3.63, 3.8) is 0 Å².